The van der Waals surface area contributed by atoms with E-state index in [9.17, 15) is 40.3 Å². The Balaban J connectivity index is 4.23. The number of carboxylic acid groups (broad SMARTS) is 1. The summed E-state index contributed by atoms with van der Waals surface area (Å²) in [5, 5.41) is 8.00. The summed E-state index contributed by atoms with van der Waals surface area (Å²) in [6.07, 6.45) is -9.43. The Kier molecular flexibility index (Phi) is 6.38. The van der Waals surface area contributed by atoms with Crippen molar-refractivity contribution in [3.63, 3.8) is 0 Å². The summed E-state index contributed by atoms with van der Waals surface area (Å²) in [6, 6.07) is 0. The number of carboxylic acids is 1. The summed E-state index contributed by atoms with van der Waals surface area (Å²) in [5.74, 6) is -2.58. The highest BCUT2D eigenvalue weighted by Gasteiger charge is 2.44. The molecule has 148 valence electrons. The Morgan fingerprint density at radius 3 is 1.96 bits per heavy atom. The fourth-order valence-electron chi connectivity index (χ4n) is 2.38. The Morgan fingerprint density at radius 1 is 1.15 bits per heavy atom. The summed E-state index contributed by atoms with van der Waals surface area (Å²) in [7, 11) is -4.52. The standard InChI is InChI=1S/C15H18F5NO4S/c1-6(2)5-8-9(14(22)23)12(15(18,19)20)21-10(13(16)17)11(8)26(24,25)7(3)4/h6-7,13H,5H2,1-4H3,(H,22,23). The normalized spacial score (nSPS) is 13.1. The molecule has 0 aliphatic carbocycles. The predicted molar refractivity (Wildman–Crippen MR) is 82.0 cm³/mol. The third-order valence-corrected chi connectivity index (χ3v) is 5.75. The summed E-state index contributed by atoms with van der Waals surface area (Å²) in [6.45, 7) is 5.30. The van der Waals surface area contributed by atoms with Crippen molar-refractivity contribution in [3.05, 3.63) is 22.5 Å². The van der Waals surface area contributed by atoms with Gasteiger partial charge in [-0.3, -0.25) is 0 Å². The van der Waals surface area contributed by atoms with Crippen LogP contribution in [0.2, 0.25) is 0 Å². The SMILES string of the molecule is CC(C)Cc1c(C(=O)O)c(C(F)(F)F)nc(C(F)F)c1S(=O)(=O)C(C)C. The largest absolute Gasteiger partial charge is 0.478 e. The number of pyridine rings is 1. The molecule has 11 heteroatoms. The van der Waals surface area contributed by atoms with Crippen LogP contribution in [0.4, 0.5) is 22.0 Å². The zero-order chi connectivity index (χ0) is 20.6. The first-order valence-electron chi connectivity index (χ1n) is 7.51. The van der Waals surface area contributed by atoms with Crippen LogP contribution < -0.4 is 0 Å². The molecule has 0 unspecified atom stereocenters. The second-order valence-corrected chi connectivity index (χ2v) is 8.76. The molecule has 1 N–H and O–H groups in total. The highest BCUT2D eigenvalue weighted by Crippen LogP contribution is 2.40. The van der Waals surface area contributed by atoms with Crippen LogP contribution in [0, 0.1) is 5.92 Å². The van der Waals surface area contributed by atoms with Gasteiger partial charge in [-0.2, -0.15) is 13.2 Å². The third kappa shape index (κ3) is 4.30. The lowest BCUT2D eigenvalue weighted by atomic mass is 9.96. The summed E-state index contributed by atoms with van der Waals surface area (Å²) in [5.41, 5.74) is -5.81. The first kappa shape index (κ1) is 22.3. The molecule has 0 saturated carbocycles. The fourth-order valence-corrected chi connectivity index (χ4v) is 3.80. The van der Waals surface area contributed by atoms with Crippen LogP contribution in [0.3, 0.4) is 0 Å². The van der Waals surface area contributed by atoms with E-state index in [-0.39, 0.29) is 0 Å². The van der Waals surface area contributed by atoms with E-state index in [1.54, 1.807) is 0 Å². The first-order valence-corrected chi connectivity index (χ1v) is 9.06. The van der Waals surface area contributed by atoms with Gasteiger partial charge in [0.25, 0.3) is 6.43 Å². The lowest BCUT2D eigenvalue weighted by molar-refractivity contribution is -0.142. The second kappa shape index (κ2) is 7.45. The molecule has 1 aromatic heterocycles. The van der Waals surface area contributed by atoms with Crippen LogP contribution in [0.15, 0.2) is 4.90 Å². The average molecular weight is 403 g/mol. The average Bonchev–Trinajstić information content (AvgIpc) is 2.43. The maximum absolute atomic E-state index is 13.4. The van der Waals surface area contributed by atoms with E-state index in [1.807, 2.05) is 0 Å². The molecule has 26 heavy (non-hydrogen) atoms. The number of halogens is 5. The van der Waals surface area contributed by atoms with E-state index < -0.39 is 73.4 Å². The number of sulfone groups is 1. The lowest BCUT2D eigenvalue weighted by Gasteiger charge is -2.22. The Morgan fingerprint density at radius 2 is 1.65 bits per heavy atom. The second-order valence-electron chi connectivity index (χ2n) is 6.32. The predicted octanol–water partition coefficient (Wildman–Crippen LogP) is 4.12. The van der Waals surface area contributed by atoms with Crippen molar-refractivity contribution in [3.8, 4) is 0 Å². The van der Waals surface area contributed by atoms with Gasteiger partial charge in [0.05, 0.1) is 15.7 Å². The van der Waals surface area contributed by atoms with Gasteiger partial charge in [-0.15, -0.1) is 0 Å². The Bertz CT molecular complexity index is 801. The molecule has 0 fully saturated rings. The van der Waals surface area contributed by atoms with Crippen LogP contribution in [0.1, 0.15) is 61.4 Å². The van der Waals surface area contributed by atoms with Gasteiger partial charge in [0.1, 0.15) is 5.69 Å². The molecular weight excluding hydrogens is 385 g/mol. The van der Waals surface area contributed by atoms with Crippen molar-refractivity contribution >= 4 is 15.8 Å². The maximum atomic E-state index is 13.4. The fraction of sp³-hybridized carbons (Fsp3) is 0.600. The van der Waals surface area contributed by atoms with E-state index in [0.717, 1.165) is 13.8 Å². The van der Waals surface area contributed by atoms with E-state index >= 15 is 0 Å². The lowest BCUT2D eigenvalue weighted by Crippen LogP contribution is -2.26. The van der Waals surface area contributed by atoms with E-state index in [4.69, 9.17) is 0 Å². The first-order chi connectivity index (χ1) is 11.6. The summed E-state index contributed by atoms with van der Waals surface area (Å²) in [4.78, 5) is 13.1. The molecule has 0 saturated heterocycles. The van der Waals surface area contributed by atoms with E-state index in [0.29, 0.717) is 0 Å². The molecule has 0 bridgehead atoms. The number of hydrogen-bond acceptors (Lipinski definition) is 4. The van der Waals surface area contributed by atoms with Crippen LogP contribution in [-0.4, -0.2) is 29.7 Å². The topological polar surface area (TPSA) is 84.3 Å². The van der Waals surface area contributed by atoms with Gasteiger partial charge >= 0.3 is 12.1 Å². The van der Waals surface area contributed by atoms with Gasteiger partial charge in [0.2, 0.25) is 0 Å². The number of rotatable bonds is 6. The van der Waals surface area contributed by atoms with Crippen molar-refractivity contribution in [1.82, 2.24) is 4.98 Å². The van der Waals surface area contributed by atoms with Crippen LogP contribution in [0.5, 0.6) is 0 Å². The summed E-state index contributed by atoms with van der Waals surface area (Å²) < 4.78 is 91.6. The van der Waals surface area contributed by atoms with Gasteiger partial charge in [0.15, 0.2) is 15.5 Å². The molecule has 0 aliphatic rings. The number of aromatic nitrogens is 1. The quantitative estimate of drug-likeness (QED) is 0.723. The third-order valence-electron chi connectivity index (χ3n) is 3.48. The van der Waals surface area contributed by atoms with Gasteiger partial charge in [-0.1, -0.05) is 13.8 Å². The maximum Gasteiger partial charge on any atom is 0.434 e. The molecule has 0 amide bonds. The van der Waals surface area contributed by atoms with Crippen molar-refractivity contribution in [2.75, 3.05) is 0 Å². The number of aromatic carboxylic acids is 1. The molecule has 0 atom stereocenters. The number of carbonyl (C=O) groups is 1. The van der Waals surface area contributed by atoms with Crippen LogP contribution in [0.25, 0.3) is 0 Å². The minimum absolute atomic E-state index is 0.450. The van der Waals surface area contributed by atoms with Gasteiger partial charge in [0, 0.05) is 0 Å². The zero-order valence-corrected chi connectivity index (χ0v) is 15.2. The monoisotopic (exact) mass is 403 g/mol. The number of alkyl halides is 5. The molecule has 0 aliphatic heterocycles. The minimum Gasteiger partial charge on any atom is -0.478 e. The van der Waals surface area contributed by atoms with E-state index in [1.165, 1.54) is 13.8 Å². The van der Waals surface area contributed by atoms with Gasteiger partial charge in [-0.25, -0.2) is 27.0 Å². The summed E-state index contributed by atoms with van der Waals surface area (Å²) >= 11 is 0. The molecule has 1 aromatic rings. The van der Waals surface area contributed by atoms with Gasteiger partial charge < -0.3 is 5.11 Å². The van der Waals surface area contributed by atoms with Crippen molar-refractivity contribution in [1.29, 1.82) is 0 Å². The van der Waals surface area contributed by atoms with Crippen LogP contribution in [-0.2, 0) is 22.4 Å². The number of hydrogen-bond donors (Lipinski definition) is 1. The van der Waals surface area contributed by atoms with Crippen molar-refractivity contribution < 1.29 is 40.3 Å². The molecule has 0 radical (unpaired) electrons. The molecule has 1 heterocycles. The zero-order valence-electron chi connectivity index (χ0n) is 14.4. The Labute approximate surface area is 147 Å². The molecule has 5 nitrogen and oxygen atoms in total. The van der Waals surface area contributed by atoms with Gasteiger partial charge in [-0.05, 0) is 31.7 Å². The number of nitrogens with zero attached hydrogens (tertiary/aromatic N) is 1. The highest BCUT2D eigenvalue weighted by atomic mass is 32.2. The van der Waals surface area contributed by atoms with E-state index in [2.05, 4.69) is 4.98 Å². The molecule has 0 spiro atoms. The minimum atomic E-state index is -5.34. The molecule has 0 aromatic carbocycles. The molecular formula is C15H18F5NO4S. The highest BCUT2D eigenvalue weighted by molar-refractivity contribution is 7.92. The van der Waals surface area contributed by atoms with Crippen LogP contribution >= 0.6 is 0 Å². The Hall–Kier alpha value is -1.78. The van der Waals surface area contributed by atoms with Crippen molar-refractivity contribution in [2.24, 2.45) is 5.92 Å². The molecule has 1 rings (SSSR count). The smallest absolute Gasteiger partial charge is 0.434 e. The van der Waals surface area contributed by atoms with Crippen molar-refractivity contribution in [2.45, 2.75) is 56.9 Å².